The van der Waals surface area contributed by atoms with Crippen LogP contribution in [-0.2, 0) is 0 Å². The average molecular weight is 246 g/mol. The summed E-state index contributed by atoms with van der Waals surface area (Å²) in [7, 11) is 0. The van der Waals surface area contributed by atoms with Crippen LogP contribution < -0.4 is 11.5 Å². The highest BCUT2D eigenvalue weighted by Gasteiger charge is 1.94. The molecule has 8 heteroatoms. The fraction of sp³-hybridized carbons (Fsp3) is 0.200. The van der Waals surface area contributed by atoms with Gasteiger partial charge in [0.05, 0.1) is 24.5 Å². The van der Waals surface area contributed by atoms with E-state index in [0.717, 1.165) is 0 Å². The molecule has 0 aliphatic carbocycles. The molecule has 0 aromatic carbocycles. The quantitative estimate of drug-likeness (QED) is 0.383. The molecule has 0 unspecified atom stereocenters. The second-order valence-electron chi connectivity index (χ2n) is 3.36. The van der Waals surface area contributed by atoms with E-state index in [1.165, 1.54) is 18.8 Å². The van der Waals surface area contributed by atoms with Crippen LogP contribution in [0.25, 0.3) is 0 Å². The van der Waals surface area contributed by atoms with E-state index in [1.807, 2.05) is 0 Å². The van der Waals surface area contributed by atoms with Gasteiger partial charge in [0.15, 0.2) is 0 Å². The molecule has 18 heavy (non-hydrogen) atoms. The molecular formula is C10H14N8. The molecule has 1 heterocycles. The third kappa shape index (κ3) is 5.45. The molecule has 0 spiro atoms. The molecule has 94 valence electrons. The second kappa shape index (κ2) is 6.84. The van der Waals surface area contributed by atoms with E-state index in [4.69, 9.17) is 22.3 Å². The van der Waals surface area contributed by atoms with Crippen molar-refractivity contribution in [1.29, 1.82) is 10.8 Å². The first kappa shape index (κ1) is 13.4. The van der Waals surface area contributed by atoms with E-state index in [1.54, 1.807) is 6.07 Å². The molecule has 0 bridgehead atoms. The molecular weight excluding hydrogens is 232 g/mol. The highest BCUT2D eigenvalue weighted by Crippen LogP contribution is 1.93. The molecule has 0 fully saturated rings. The first-order valence-corrected chi connectivity index (χ1v) is 5.05. The van der Waals surface area contributed by atoms with Gasteiger partial charge in [-0.3, -0.25) is 20.8 Å². The minimum absolute atomic E-state index is 0.0106. The van der Waals surface area contributed by atoms with Crippen LogP contribution in [0.2, 0.25) is 0 Å². The van der Waals surface area contributed by atoms with Gasteiger partial charge >= 0.3 is 0 Å². The molecule has 0 aliphatic heterocycles. The highest BCUT2D eigenvalue weighted by molar-refractivity contribution is 5.86. The predicted octanol–water partition coefficient (Wildman–Crippen LogP) is -0.814. The molecule has 1 aromatic rings. The number of rotatable bonds is 6. The zero-order valence-corrected chi connectivity index (χ0v) is 9.67. The lowest BCUT2D eigenvalue weighted by Crippen LogP contribution is -2.13. The topological polar surface area (TPSA) is 150 Å². The summed E-state index contributed by atoms with van der Waals surface area (Å²) < 4.78 is 0. The van der Waals surface area contributed by atoms with Crippen molar-refractivity contribution in [2.45, 2.75) is 0 Å². The summed E-state index contributed by atoms with van der Waals surface area (Å²) in [6, 6.07) is 1.67. The first-order valence-electron chi connectivity index (χ1n) is 5.05. The average Bonchev–Trinajstić information content (AvgIpc) is 2.28. The van der Waals surface area contributed by atoms with E-state index in [2.05, 4.69) is 20.0 Å². The van der Waals surface area contributed by atoms with Crippen molar-refractivity contribution < 1.29 is 0 Å². The van der Waals surface area contributed by atoms with E-state index in [0.29, 0.717) is 11.4 Å². The number of nitrogens with one attached hydrogen (secondary N) is 2. The Balaban J connectivity index is 2.67. The minimum Gasteiger partial charge on any atom is -0.386 e. The van der Waals surface area contributed by atoms with Gasteiger partial charge in [0.2, 0.25) is 0 Å². The summed E-state index contributed by atoms with van der Waals surface area (Å²) in [6.07, 6.45) is 4.39. The Labute approximate surface area is 104 Å². The third-order valence-corrected chi connectivity index (χ3v) is 1.68. The molecule has 1 aromatic heterocycles. The fourth-order valence-corrected chi connectivity index (χ4v) is 1.00. The lowest BCUT2D eigenvalue weighted by molar-refractivity contribution is 1.13. The smallest absolute Gasteiger partial charge is 0.116 e. The Morgan fingerprint density at radius 3 is 1.89 bits per heavy atom. The maximum atomic E-state index is 7.01. The van der Waals surface area contributed by atoms with Gasteiger partial charge in [0, 0.05) is 12.4 Å². The van der Waals surface area contributed by atoms with Crippen molar-refractivity contribution in [1.82, 2.24) is 9.97 Å². The molecule has 0 saturated carbocycles. The number of nitrogens with two attached hydrogens (primary N) is 2. The Bertz CT molecular complexity index is 449. The predicted molar refractivity (Wildman–Crippen MR) is 70.8 cm³/mol. The van der Waals surface area contributed by atoms with Crippen LogP contribution in [0, 0.1) is 10.8 Å². The molecule has 0 saturated heterocycles. The van der Waals surface area contributed by atoms with E-state index >= 15 is 0 Å². The largest absolute Gasteiger partial charge is 0.386 e. The summed E-state index contributed by atoms with van der Waals surface area (Å²) in [5.41, 5.74) is 11.5. The number of hydrogen-bond acceptors (Lipinski definition) is 6. The van der Waals surface area contributed by atoms with Gasteiger partial charge < -0.3 is 11.5 Å². The minimum atomic E-state index is -0.0106. The van der Waals surface area contributed by atoms with Crippen LogP contribution in [0.3, 0.4) is 0 Å². The van der Waals surface area contributed by atoms with Gasteiger partial charge in [-0.05, 0) is 6.07 Å². The zero-order valence-electron chi connectivity index (χ0n) is 9.67. The number of aromatic nitrogens is 2. The zero-order chi connectivity index (χ0) is 13.4. The molecule has 0 atom stereocenters. The summed E-state index contributed by atoms with van der Waals surface area (Å²) in [6.45, 7) is 0.273. The van der Waals surface area contributed by atoms with E-state index < -0.39 is 0 Å². The van der Waals surface area contributed by atoms with Crippen LogP contribution in [-0.4, -0.2) is 47.2 Å². The van der Waals surface area contributed by atoms with Crippen LogP contribution >= 0.6 is 0 Å². The summed E-state index contributed by atoms with van der Waals surface area (Å²) in [5, 5.41) is 14.0. The van der Waals surface area contributed by atoms with Crippen molar-refractivity contribution in [3.8, 4) is 0 Å². The number of amidine groups is 2. The van der Waals surface area contributed by atoms with Crippen LogP contribution in [0.15, 0.2) is 22.4 Å². The Morgan fingerprint density at radius 2 is 1.50 bits per heavy atom. The van der Waals surface area contributed by atoms with Gasteiger partial charge in [-0.2, -0.15) is 0 Å². The van der Waals surface area contributed by atoms with E-state index in [9.17, 15) is 0 Å². The van der Waals surface area contributed by atoms with Crippen LogP contribution in [0.1, 0.15) is 11.4 Å². The van der Waals surface area contributed by atoms with Crippen LogP contribution in [0.5, 0.6) is 0 Å². The van der Waals surface area contributed by atoms with Crippen molar-refractivity contribution in [3.63, 3.8) is 0 Å². The molecule has 0 amide bonds. The SMILES string of the molecule is N=C(N)CN=Cc1cc(C=NCC(=N)N)ncn1. The molecule has 8 nitrogen and oxygen atoms in total. The van der Waals surface area contributed by atoms with Gasteiger partial charge in [-0.15, -0.1) is 0 Å². The second-order valence-corrected chi connectivity index (χ2v) is 3.36. The maximum absolute atomic E-state index is 7.01. The normalized spacial score (nSPS) is 11.1. The van der Waals surface area contributed by atoms with Gasteiger partial charge in [0.25, 0.3) is 0 Å². The molecule has 0 aliphatic rings. The van der Waals surface area contributed by atoms with Crippen molar-refractivity contribution in [2.24, 2.45) is 21.5 Å². The first-order chi connectivity index (χ1) is 8.58. The molecule has 0 radical (unpaired) electrons. The van der Waals surface area contributed by atoms with Crippen molar-refractivity contribution in [3.05, 3.63) is 23.8 Å². The fourth-order valence-electron chi connectivity index (χ4n) is 1.00. The molecule has 6 N–H and O–H groups in total. The lowest BCUT2D eigenvalue weighted by Gasteiger charge is -1.95. The summed E-state index contributed by atoms with van der Waals surface area (Å²) in [4.78, 5) is 15.8. The monoisotopic (exact) mass is 246 g/mol. The van der Waals surface area contributed by atoms with Gasteiger partial charge in [0.1, 0.15) is 18.0 Å². The lowest BCUT2D eigenvalue weighted by atomic mass is 10.3. The van der Waals surface area contributed by atoms with Crippen LogP contribution in [0.4, 0.5) is 0 Å². The summed E-state index contributed by atoms with van der Waals surface area (Å²) in [5.74, 6) is -0.0212. The number of hydrogen-bond donors (Lipinski definition) is 4. The van der Waals surface area contributed by atoms with Crippen molar-refractivity contribution >= 4 is 24.1 Å². The number of nitrogens with zero attached hydrogens (tertiary/aromatic N) is 4. The third-order valence-electron chi connectivity index (χ3n) is 1.68. The van der Waals surface area contributed by atoms with Gasteiger partial charge in [-0.1, -0.05) is 0 Å². The van der Waals surface area contributed by atoms with Crippen molar-refractivity contribution in [2.75, 3.05) is 13.1 Å². The van der Waals surface area contributed by atoms with Gasteiger partial charge in [-0.25, -0.2) is 9.97 Å². The maximum Gasteiger partial charge on any atom is 0.116 e. The number of aliphatic imine (C=N–C) groups is 2. The Hall–Kier alpha value is -2.64. The Morgan fingerprint density at radius 1 is 1.06 bits per heavy atom. The summed E-state index contributed by atoms with van der Waals surface area (Å²) >= 11 is 0. The highest BCUT2D eigenvalue weighted by atomic mass is 14.9. The molecule has 1 rings (SSSR count). The standard InChI is InChI=1S/C10H14N8/c11-9(12)4-15-2-7-1-8(18-6-17-7)3-16-5-10(13)14/h1-3,6H,4-5H2,(H3,11,12)(H3,13,14). The Kier molecular flexibility index (Phi) is 5.10. The van der Waals surface area contributed by atoms with E-state index in [-0.39, 0.29) is 24.8 Å².